The van der Waals surface area contributed by atoms with Gasteiger partial charge in [0, 0.05) is 24.5 Å². The average Bonchev–Trinajstić information content (AvgIpc) is 2.59. The lowest BCUT2D eigenvalue weighted by atomic mass is 9.98. The SMILES string of the molecule is Cc1cccc(C)c1CC(=O)C[n+]1cccc(Cc2ccccc2)c1.[Br-]. The van der Waals surface area contributed by atoms with E-state index in [0.29, 0.717) is 13.0 Å². The topological polar surface area (TPSA) is 20.9 Å². The zero-order valence-corrected chi connectivity index (χ0v) is 16.9. The van der Waals surface area contributed by atoms with Crippen LogP contribution in [0.4, 0.5) is 0 Å². The van der Waals surface area contributed by atoms with Crippen molar-refractivity contribution >= 4 is 5.78 Å². The second-order valence-corrected chi connectivity index (χ2v) is 6.63. The Morgan fingerprint density at radius 3 is 2.19 bits per heavy atom. The summed E-state index contributed by atoms with van der Waals surface area (Å²) >= 11 is 0. The van der Waals surface area contributed by atoms with Crippen molar-refractivity contribution in [2.45, 2.75) is 33.2 Å². The Morgan fingerprint density at radius 2 is 1.50 bits per heavy atom. The van der Waals surface area contributed by atoms with Crippen molar-refractivity contribution in [1.82, 2.24) is 0 Å². The average molecular weight is 410 g/mol. The van der Waals surface area contributed by atoms with Gasteiger partial charge in [0.05, 0.1) is 0 Å². The third-order valence-electron chi connectivity index (χ3n) is 4.55. The fourth-order valence-corrected chi connectivity index (χ4v) is 3.20. The standard InChI is InChI=1S/C23H24NO.BrH/c1-18-8-6-9-19(2)23(18)15-22(25)17-24-13-7-12-21(16-24)14-20-10-4-3-5-11-20;/h3-13,16H,14-15,17H2,1-2H3;1H/q+1;/p-1. The third-order valence-corrected chi connectivity index (χ3v) is 4.55. The fraction of sp³-hybridized carbons (Fsp3) is 0.217. The molecule has 0 spiro atoms. The molecule has 3 heteroatoms. The van der Waals surface area contributed by atoms with Crippen molar-refractivity contribution < 1.29 is 26.3 Å². The first-order chi connectivity index (χ1) is 12.1. The number of aryl methyl sites for hydroxylation is 2. The molecule has 134 valence electrons. The van der Waals surface area contributed by atoms with Crippen LogP contribution in [0.1, 0.15) is 27.8 Å². The molecular weight excluding hydrogens is 386 g/mol. The molecule has 0 amide bonds. The molecule has 1 aromatic heterocycles. The first-order valence-electron chi connectivity index (χ1n) is 8.70. The summed E-state index contributed by atoms with van der Waals surface area (Å²) in [4.78, 5) is 12.5. The summed E-state index contributed by atoms with van der Waals surface area (Å²) in [5.74, 6) is 0.235. The van der Waals surface area contributed by atoms with Crippen LogP contribution < -0.4 is 21.5 Å². The van der Waals surface area contributed by atoms with Crippen LogP contribution in [-0.2, 0) is 24.2 Å². The molecule has 0 fully saturated rings. The van der Waals surface area contributed by atoms with E-state index in [4.69, 9.17) is 0 Å². The van der Waals surface area contributed by atoms with Gasteiger partial charge in [0.25, 0.3) is 0 Å². The van der Waals surface area contributed by atoms with Crippen molar-refractivity contribution in [2.24, 2.45) is 0 Å². The van der Waals surface area contributed by atoms with Crippen molar-refractivity contribution in [3.05, 3.63) is 101 Å². The highest BCUT2D eigenvalue weighted by atomic mass is 79.9. The van der Waals surface area contributed by atoms with E-state index < -0.39 is 0 Å². The van der Waals surface area contributed by atoms with E-state index >= 15 is 0 Å². The van der Waals surface area contributed by atoms with Crippen molar-refractivity contribution in [3.8, 4) is 0 Å². The highest BCUT2D eigenvalue weighted by molar-refractivity contribution is 5.80. The molecule has 0 atom stereocenters. The van der Waals surface area contributed by atoms with E-state index in [1.54, 1.807) is 0 Å². The van der Waals surface area contributed by atoms with Crippen LogP contribution in [0.2, 0.25) is 0 Å². The number of nitrogens with zero attached hydrogens (tertiary/aromatic N) is 1. The van der Waals surface area contributed by atoms with Crippen LogP contribution >= 0.6 is 0 Å². The zero-order valence-electron chi connectivity index (χ0n) is 15.3. The molecular formula is C23H24BrNO. The highest BCUT2D eigenvalue weighted by Crippen LogP contribution is 2.14. The second-order valence-electron chi connectivity index (χ2n) is 6.63. The molecule has 0 unspecified atom stereocenters. The van der Waals surface area contributed by atoms with E-state index in [1.807, 2.05) is 29.0 Å². The van der Waals surface area contributed by atoms with E-state index in [1.165, 1.54) is 22.3 Å². The highest BCUT2D eigenvalue weighted by Gasteiger charge is 2.13. The zero-order chi connectivity index (χ0) is 17.6. The summed E-state index contributed by atoms with van der Waals surface area (Å²) in [6.45, 7) is 4.56. The Bertz CT molecular complexity index is 854. The van der Waals surface area contributed by atoms with E-state index in [9.17, 15) is 4.79 Å². The summed E-state index contributed by atoms with van der Waals surface area (Å²) < 4.78 is 1.99. The maximum Gasteiger partial charge on any atom is 0.206 e. The number of pyridine rings is 1. The normalized spacial score (nSPS) is 10.2. The molecule has 0 saturated carbocycles. The summed E-state index contributed by atoms with van der Waals surface area (Å²) in [6.07, 6.45) is 5.42. The number of carbonyl (C=O) groups is 1. The molecule has 2 nitrogen and oxygen atoms in total. The molecule has 2 aromatic carbocycles. The number of benzene rings is 2. The smallest absolute Gasteiger partial charge is 0.206 e. The van der Waals surface area contributed by atoms with Gasteiger partial charge in [-0.25, -0.2) is 0 Å². The van der Waals surface area contributed by atoms with Crippen LogP contribution in [0.5, 0.6) is 0 Å². The predicted octanol–water partition coefficient (Wildman–Crippen LogP) is 0.998. The number of carbonyl (C=O) groups excluding carboxylic acids is 1. The van der Waals surface area contributed by atoms with Crippen LogP contribution in [-0.4, -0.2) is 5.78 Å². The monoisotopic (exact) mass is 409 g/mol. The molecule has 3 aromatic rings. The number of hydrogen-bond acceptors (Lipinski definition) is 1. The molecule has 0 aliphatic heterocycles. The predicted molar refractivity (Wildman–Crippen MR) is 101 cm³/mol. The van der Waals surface area contributed by atoms with E-state index in [-0.39, 0.29) is 22.8 Å². The third kappa shape index (κ3) is 5.37. The van der Waals surface area contributed by atoms with Gasteiger partial charge < -0.3 is 17.0 Å². The number of hydrogen-bond donors (Lipinski definition) is 0. The summed E-state index contributed by atoms with van der Waals surface area (Å²) in [7, 11) is 0. The Balaban J connectivity index is 0.00000243. The molecule has 0 saturated heterocycles. The van der Waals surface area contributed by atoms with Gasteiger partial charge in [0.15, 0.2) is 12.4 Å². The summed E-state index contributed by atoms with van der Waals surface area (Å²) in [6, 6.07) is 20.7. The largest absolute Gasteiger partial charge is 1.00 e. The van der Waals surface area contributed by atoms with Crippen molar-refractivity contribution in [1.29, 1.82) is 0 Å². The minimum Gasteiger partial charge on any atom is -1.00 e. The molecule has 0 bridgehead atoms. The lowest BCUT2D eigenvalue weighted by molar-refractivity contribution is -0.684. The summed E-state index contributed by atoms with van der Waals surface area (Å²) in [5, 5.41) is 0. The Labute approximate surface area is 166 Å². The van der Waals surface area contributed by atoms with Crippen LogP contribution in [0.25, 0.3) is 0 Å². The van der Waals surface area contributed by atoms with Gasteiger partial charge in [-0.3, -0.25) is 4.79 Å². The van der Waals surface area contributed by atoms with Crippen LogP contribution in [0.3, 0.4) is 0 Å². The lowest BCUT2D eigenvalue weighted by Crippen LogP contribution is -3.00. The molecule has 3 rings (SSSR count). The number of rotatable bonds is 6. The van der Waals surface area contributed by atoms with Gasteiger partial charge in [0.2, 0.25) is 12.3 Å². The van der Waals surface area contributed by atoms with E-state index in [2.05, 4.69) is 62.5 Å². The lowest BCUT2D eigenvalue weighted by Gasteiger charge is -2.08. The first kappa shape index (κ1) is 20.1. The van der Waals surface area contributed by atoms with Gasteiger partial charge in [-0.2, -0.15) is 4.57 Å². The maximum absolute atomic E-state index is 12.5. The fourth-order valence-electron chi connectivity index (χ4n) is 3.20. The van der Waals surface area contributed by atoms with E-state index in [0.717, 1.165) is 12.0 Å². The molecule has 1 heterocycles. The van der Waals surface area contributed by atoms with Crippen molar-refractivity contribution in [2.75, 3.05) is 0 Å². The minimum atomic E-state index is 0. The second kappa shape index (κ2) is 9.44. The van der Waals surface area contributed by atoms with Gasteiger partial charge >= 0.3 is 0 Å². The molecule has 0 aliphatic rings. The first-order valence-corrected chi connectivity index (χ1v) is 8.70. The number of aromatic nitrogens is 1. The van der Waals surface area contributed by atoms with Gasteiger partial charge in [-0.1, -0.05) is 48.5 Å². The molecule has 26 heavy (non-hydrogen) atoms. The number of ketones is 1. The minimum absolute atomic E-state index is 0. The number of halogens is 1. The quantitative estimate of drug-likeness (QED) is 0.556. The Morgan fingerprint density at radius 1 is 0.846 bits per heavy atom. The molecule has 0 radical (unpaired) electrons. The Kier molecular flexibility index (Phi) is 7.28. The molecule has 0 aliphatic carbocycles. The molecule has 0 N–H and O–H groups in total. The number of Topliss-reactive ketones (excluding diaryl/α,β-unsaturated/α-hetero) is 1. The van der Waals surface area contributed by atoms with Gasteiger partial charge in [0.1, 0.15) is 0 Å². The van der Waals surface area contributed by atoms with Crippen molar-refractivity contribution in [3.63, 3.8) is 0 Å². The Hall–Kier alpha value is -2.26. The maximum atomic E-state index is 12.5. The van der Waals surface area contributed by atoms with Gasteiger partial charge in [-0.15, -0.1) is 0 Å². The van der Waals surface area contributed by atoms with Gasteiger partial charge in [-0.05, 0) is 42.2 Å². The van der Waals surface area contributed by atoms with Crippen LogP contribution in [0.15, 0.2) is 73.1 Å². The van der Waals surface area contributed by atoms with Crippen LogP contribution in [0, 0.1) is 13.8 Å². The summed E-state index contributed by atoms with van der Waals surface area (Å²) in [5.41, 5.74) is 6.04.